The lowest BCUT2D eigenvalue weighted by Gasteiger charge is -2.42. The fourth-order valence-electron chi connectivity index (χ4n) is 3.58. The molecule has 1 saturated heterocycles. The Morgan fingerprint density at radius 1 is 1.25 bits per heavy atom. The molecule has 8 nitrogen and oxygen atoms in total. The summed E-state index contributed by atoms with van der Waals surface area (Å²) in [6, 6.07) is 7.22. The summed E-state index contributed by atoms with van der Waals surface area (Å²) in [5.41, 5.74) is -2.42. The molecule has 178 valence electrons. The van der Waals surface area contributed by atoms with E-state index in [2.05, 4.69) is 6.58 Å². The third-order valence-corrected chi connectivity index (χ3v) is 5.10. The van der Waals surface area contributed by atoms with Crippen LogP contribution in [0.25, 0.3) is 0 Å². The van der Waals surface area contributed by atoms with Gasteiger partial charge in [0.1, 0.15) is 23.7 Å². The Morgan fingerprint density at radius 2 is 1.84 bits per heavy atom. The molecule has 0 aromatic heterocycles. The van der Waals surface area contributed by atoms with Crippen molar-refractivity contribution in [2.45, 2.75) is 71.6 Å². The molecule has 8 heteroatoms. The number of carbonyl (C=O) groups excluding carboxylic acids is 1. The second-order valence-corrected chi connectivity index (χ2v) is 9.92. The van der Waals surface area contributed by atoms with E-state index < -0.39 is 40.9 Å². The molecule has 0 saturated carbocycles. The van der Waals surface area contributed by atoms with Crippen molar-refractivity contribution in [3.05, 3.63) is 42.5 Å². The number of ether oxygens (including phenoxy) is 4. The van der Waals surface area contributed by atoms with Gasteiger partial charge in [-0.05, 0) is 38.5 Å². The highest BCUT2D eigenvalue weighted by Crippen LogP contribution is 2.41. The number of methoxy groups -OCH3 is 1. The Balaban J connectivity index is 2.43. The number of benzene rings is 1. The summed E-state index contributed by atoms with van der Waals surface area (Å²) in [6.07, 6.45) is -1.27. The van der Waals surface area contributed by atoms with Gasteiger partial charge in [0.25, 0.3) is 0 Å². The Bertz CT molecular complexity index is 822. The fraction of sp³-hybridized carbons (Fsp3) is 0.583. The van der Waals surface area contributed by atoms with Gasteiger partial charge in [-0.25, -0.2) is 9.59 Å². The van der Waals surface area contributed by atoms with Crippen LogP contribution in [-0.4, -0.2) is 59.3 Å². The Hall–Kier alpha value is -2.58. The minimum atomic E-state index is -1.84. The maximum Gasteiger partial charge on any atom is 0.413 e. The maximum atomic E-state index is 13.3. The molecule has 1 fully saturated rings. The van der Waals surface area contributed by atoms with Crippen molar-refractivity contribution < 1.29 is 33.6 Å². The summed E-state index contributed by atoms with van der Waals surface area (Å²) in [7, 11) is 1.58. The maximum absolute atomic E-state index is 13.3. The second kappa shape index (κ2) is 9.50. The average molecular weight is 450 g/mol. The van der Waals surface area contributed by atoms with Crippen molar-refractivity contribution >= 4 is 12.1 Å². The first-order valence-electron chi connectivity index (χ1n) is 10.5. The molecule has 0 radical (unpaired) electrons. The van der Waals surface area contributed by atoms with E-state index in [0.717, 1.165) is 5.56 Å². The number of amides is 1. The third kappa shape index (κ3) is 5.42. The van der Waals surface area contributed by atoms with Crippen molar-refractivity contribution in [2.75, 3.05) is 13.7 Å². The van der Waals surface area contributed by atoms with E-state index in [9.17, 15) is 14.7 Å². The van der Waals surface area contributed by atoms with Crippen molar-refractivity contribution in [1.82, 2.24) is 4.90 Å². The minimum absolute atomic E-state index is 0.109. The van der Waals surface area contributed by atoms with Gasteiger partial charge in [-0.15, -0.1) is 6.58 Å². The number of carbonyl (C=O) groups is 2. The van der Waals surface area contributed by atoms with Gasteiger partial charge in [-0.2, -0.15) is 0 Å². The first-order chi connectivity index (χ1) is 14.8. The van der Waals surface area contributed by atoms with Gasteiger partial charge in [0, 0.05) is 5.41 Å². The van der Waals surface area contributed by atoms with Crippen LogP contribution in [0, 0.1) is 5.41 Å². The van der Waals surface area contributed by atoms with Crippen LogP contribution in [-0.2, 0) is 25.6 Å². The highest BCUT2D eigenvalue weighted by Gasteiger charge is 2.63. The number of aliphatic carboxylic acids is 1. The van der Waals surface area contributed by atoms with Gasteiger partial charge in [-0.3, -0.25) is 4.90 Å². The molecule has 1 N–H and O–H groups in total. The highest BCUT2D eigenvalue weighted by molar-refractivity contribution is 5.87. The molecule has 1 aromatic rings. The Labute approximate surface area is 190 Å². The molecule has 1 aromatic carbocycles. The molecule has 1 amide bonds. The zero-order chi connectivity index (χ0) is 24.3. The molecule has 1 aliphatic heterocycles. The van der Waals surface area contributed by atoms with Crippen molar-refractivity contribution in [1.29, 1.82) is 0 Å². The van der Waals surface area contributed by atoms with Gasteiger partial charge < -0.3 is 24.1 Å². The average Bonchev–Trinajstić information content (AvgIpc) is 3.10. The van der Waals surface area contributed by atoms with Crippen LogP contribution in [0.4, 0.5) is 4.79 Å². The quantitative estimate of drug-likeness (QED) is 0.623. The normalized spacial score (nSPS) is 22.3. The molecular formula is C24H35NO7. The lowest BCUT2D eigenvalue weighted by molar-refractivity contribution is -0.159. The molecule has 0 spiro atoms. The van der Waals surface area contributed by atoms with Gasteiger partial charge in [-0.1, -0.05) is 39.0 Å². The van der Waals surface area contributed by atoms with Crippen LogP contribution in [0.5, 0.6) is 5.75 Å². The van der Waals surface area contributed by atoms with E-state index in [0.29, 0.717) is 5.75 Å². The molecule has 0 unspecified atom stereocenters. The summed E-state index contributed by atoms with van der Waals surface area (Å²) in [4.78, 5) is 27.1. The molecule has 0 bridgehead atoms. The molecule has 2 rings (SSSR count). The molecule has 0 aliphatic carbocycles. The number of hydrogen-bond acceptors (Lipinski definition) is 6. The second-order valence-electron chi connectivity index (χ2n) is 9.92. The lowest BCUT2D eigenvalue weighted by atomic mass is 9.88. The molecule has 3 atom stereocenters. The molecule has 1 heterocycles. The van der Waals surface area contributed by atoms with Crippen molar-refractivity contribution in [3.63, 3.8) is 0 Å². The summed E-state index contributed by atoms with van der Waals surface area (Å²) in [5, 5.41) is 10.4. The number of nitrogens with zero attached hydrogens (tertiary/aromatic N) is 1. The van der Waals surface area contributed by atoms with E-state index in [1.807, 2.05) is 32.9 Å². The zero-order valence-electron chi connectivity index (χ0n) is 20.0. The lowest BCUT2D eigenvalue weighted by Crippen LogP contribution is -2.65. The van der Waals surface area contributed by atoms with Crippen LogP contribution < -0.4 is 4.74 Å². The molecule has 1 aliphatic rings. The SMILES string of the molecule is C=C[C@H](OCc1ccc(OC)cc1)[C@@]1(C(=O)O)CO[C@H](C(C)(C)C)N1C(=O)OC(C)(C)C. The van der Waals surface area contributed by atoms with Crippen LogP contribution >= 0.6 is 0 Å². The number of rotatable bonds is 7. The summed E-state index contributed by atoms with van der Waals surface area (Å²) < 4.78 is 22.6. The highest BCUT2D eigenvalue weighted by atomic mass is 16.6. The monoisotopic (exact) mass is 449 g/mol. The van der Waals surface area contributed by atoms with E-state index >= 15 is 0 Å². The largest absolute Gasteiger partial charge is 0.497 e. The standard InChI is InChI=1S/C24H35NO7/c1-9-18(30-14-16-10-12-17(29-8)13-11-16)24(20(26)27)15-31-19(22(2,3)4)25(24)21(28)32-23(5,6)7/h9-13,18-19H,1,14-15H2,2-8H3,(H,26,27)/t18-,19+,24+/m0/s1. The molecular weight excluding hydrogens is 414 g/mol. The van der Waals surface area contributed by atoms with E-state index in [4.69, 9.17) is 18.9 Å². The van der Waals surface area contributed by atoms with Crippen molar-refractivity contribution in [3.8, 4) is 5.75 Å². The minimum Gasteiger partial charge on any atom is -0.497 e. The van der Waals surface area contributed by atoms with Gasteiger partial charge in [0.2, 0.25) is 0 Å². The number of carboxylic acids is 1. The summed E-state index contributed by atoms with van der Waals surface area (Å²) in [6.45, 7) is 14.4. The smallest absolute Gasteiger partial charge is 0.413 e. The first-order valence-corrected chi connectivity index (χ1v) is 10.5. The van der Waals surface area contributed by atoms with Gasteiger partial charge >= 0.3 is 12.1 Å². The predicted octanol–water partition coefficient (Wildman–Crippen LogP) is 4.23. The zero-order valence-corrected chi connectivity index (χ0v) is 20.0. The predicted molar refractivity (Wildman–Crippen MR) is 119 cm³/mol. The number of carboxylic acid groups (broad SMARTS) is 1. The van der Waals surface area contributed by atoms with Gasteiger partial charge in [0.15, 0.2) is 5.54 Å². The van der Waals surface area contributed by atoms with Crippen molar-refractivity contribution in [2.24, 2.45) is 5.41 Å². The van der Waals surface area contributed by atoms with Crippen LogP contribution in [0.15, 0.2) is 36.9 Å². The number of hydrogen-bond donors (Lipinski definition) is 1. The Morgan fingerprint density at radius 3 is 2.28 bits per heavy atom. The van der Waals surface area contributed by atoms with Crippen LogP contribution in [0.2, 0.25) is 0 Å². The fourth-order valence-corrected chi connectivity index (χ4v) is 3.58. The van der Waals surface area contributed by atoms with Gasteiger partial charge in [0.05, 0.1) is 20.3 Å². The third-order valence-electron chi connectivity index (χ3n) is 5.10. The first kappa shape index (κ1) is 25.7. The van der Waals surface area contributed by atoms with E-state index in [1.165, 1.54) is 11.0 Å². The Kier molecular flexibility index (Phi) is 7.63. The van der Waals surface area contributed by atoms with Crippen LogP contribution in [0.1, 0.15) is 47.1 Å². The topological polar surface area (TPSA) is 94.5 Å². The summed E-state index contributed by atoms with van der Waals surface area (Å²) >= 11 is 0. The summed E-state index contributed by atoms with van der Waals surface area (Å²) in [5.74, 6) is -0.556. The molecule has 32 heavy (non-hydrogen) atoms. The van der Waals surface area contributed by atoms with E-state index in [-0.39, 0.29) is 13.2 Å². The van der Waals surface area contributed by atoms with Crippen LogP contribution in [0.3, 0.4) is 0 Å². The van der Waals surface area contributed by atoms with E-state index in [1.54, 1.807) is 40.0 Å².